The molecule has 0 unspecified atom stereocenters. The van der Waals surface area contributed by atoms with Crippen LogP contribution >= 0.6 is 12.4 Å². The van der Waals surface area contributed by atoms with Crippen molar-refractivity contribution in [2.24, 2.45) is 0 Å². The maximum atomic E-state index is 10.9. The summed E-state index contributed by atoms with van der Waals surface area (Å²) in [5.41, 5.74) is 1.11. The number of halogens is 1. The van der Waals surface area contributed by atoms with Crippen molar-refractivity contribution >= 4 is 22.2 Å². The van der Waals surface area contributed by atoms with Crippen LogP contribution in [-0.4, -0.2) is 34.1 Å². The van der Waals surface area contributed by atoms with E-state index >= 15 is 0 Å². The molecule has 0 fully saturated rings. The Labute approximate surface area is 109 Å². The minimum atomic E-state index is -2.87. The fraction of sp³-hybridized carbons (Fsp3) is 0.455. The van der Waals surface area contributed by atoms with Gasteiger partial charge in [0.15, 0.2) is 0 Å². The lowest BCUT2D eigenvalue weighted by atomic mass is 10.2. The average Bonchev–Trinajstić information content (AvgIpc) is 2.24. The zero-order valence-electron chi connectivity index (χ0n) is 9.97. The maximum Gasteiger partial charge on any atom is 0.148 e. The summed E-state index contributed by atoms with van der Waals surface area (Å²) in [5.74, 6) is 0.989. The van der Waals surface area contributed by atoms with Crippen molar-refractivity contribution in [2.75, 3.05) is 25.7 Å². The molecule has 0 saturated heterocycles. The number of benzene rings is 1. The first-order valence-electron chi connectivity index (χ1n) is 5.02. The van der Waals surface area contributed by atoms with Crippen LogP contribution in [0.1, 0.15) is 5.56 Å². The van der Waals surface area contributed by atoms with Crippen LogP contribution in [0.25, 0.3) is 0 Å². The normalized spacial score (nSPS) is 10.7. The monoisotopic (exact) mass is 279 g/mol. The van der Waals surface area contributed by atoms with Gasteiger partial charge in [-0.15, -0.1) is 12.4 Å². The first-order chi connectivity index (χ1) is 7.51. The van der Waals surface area contributed by atoms with Crippen LogP contribution in [0.2, 0.25) is 0 Å². The van der Waals surface area contributed by atoms with Crippen LogP contribution in [-0.2, 0) is 16.4 Å². The van der Waals surface area contributed by atoms with Crippen LogP contribution in [0, 0.1) is 0 Å². The molecule has 6 heteroatoms. The fourth-order valence-electron chi connectivity index (χ4n) is 1.23. The third-order valence-electron chi connectivity index (χ3n) is 2.14. The van der Waals surface area contributed by atoms with E-state index in [4.69, 9.17) is 4.74 Å². The Bertz CT molecular complexity index is 417. The highest BCUT2D eigenvalue weighted by Gasteiger charge is 2.00. The highest BCUT2D eigenvalue weighted by molar-refractivity contribution is 7.90. The zero-order valence-corrected chi connectivity index (χ0v) is 11.6. The molecule has 0 aliphatic heterocycles. The van der Waals surface area contributed by atoms with Gasteiger partial charge >= 0.3 is 0 Å². The van der Waals surface area contributed by atoms with Crippen molar-refractivity contribution < 1.29 is 13.2 Å². The second kappa shape index (κ2) is 7.53. The Morgan fingerprint density at radius 3 is 2.29 bits per heavy atom. The third-order valence-corrected chi connectivity index (χ3v) is 3.08. The molecular weight excluding hydrogens is 262 g/mol. The van der Waals surface area contributed by atoms with E-state index in [2.05, 4.69) is 5.32 Å². The number of hydrogen-bond acceptors (Lipinski definition) is 4. The summed E-state index contributed by atoms with van der Waals surface area (Å²) in [6, 6.07) is 7.67. The van der Waals surface area contributed by atoms with Crippen molar-refractivity contribution in [3.63, 3.8) is 0 Å². The summed E-state index contributed by atoms with van der Waals surface area (Å²) < 4.78 is 26.8. The number of methoxy groups -OCH3 is 1. The van der Waals surface area contributed by atoms with Crippen molar-refractivity contribution in [3.8, 4) is 5.75 Å². The van der Waals surface area contributed by atoms with Crippen LogP contribution in [0.4, 0.5) is 0 Å². The quantitative estimate of drug-likeness (QED) is 0.797. The molecule has 0 radical (unpaired) electrons. The zero-order chi connectivity index (χ0) is 12.0. The lowest BCUT2D eigenvalue weighted by Crippen LogP contribution is -2.21. The van der Waals surface area contributed by atoms with Gasteiger partial charge in [0.05, 0.1) is 12.9 Å². The number of ether oxygens (including phenoxy) is 1. The van der Waals surface area contributed by atoms with E-state index in [0.717, 1.165) is 11.3 Å². The summed E-state index contributed by atoms with van der Waals surface area (Å²) >= 11 is 0. The second-order valence-corrected chi connectivity index (χ2v) is 5.91. The molecule has 98 valence electrons. The summed E-state index contributed by atoms with van der Waals surface area (Å²) in [6.07, 6.45) is 1.24. The van der Waals surface area contributed by atoms with Gasteiger partial charge in [0, 0.05) is 19.3 Å². The minimum absolute atomic E-state index is 0. The summed E-state index contributed by atoms with van der Waals surface area (Å²) in [5, 5.41) is 3.08. The molecule has 4 nitrogen and oxygen atoms in total. The molecule has 1 aromatic rings. The van der Waals surface area contributed by atoms with E-state index in [1.54, 1.807) is 7.11 Å². The molecule has 1 aromatic carbocycles. The number of nitrogens with one attached hydrogen (secondary N) is 1. The average molecular weight is 280 g/mol. The van der Waals surface area contributed by atoms with Gasteiger partial charge < -0.3 is 10.1 Å². The second-order valence-electron chi connectivity index (χ2n) is 3.65. The number of sulfone groups is 1. The largest absolute Gasteiger partial charge is 0.497 e. The maximum absolute atomic E-state index is 10.9. The van der Waals surface area contributed by atoms with E-state index in [1.807, 2.05) is 24.3 Å². The Hall–Kier alpha value is -0.780. The van der Waals surface area contributed by atoms with E-state index in [-0.39, 0.29) is 18.2 Å². The molecule has 0 aliphatic rings. The van der Waals surface area contributed by atoms with Gasteiger partial charge in [-0.1, -0.05) is 12.1 Å². The fourth-order valence-corrected chi connectivity index (χ4v) is 1.75. The van der Waals surface area contributed by atoms with E-state index in [9.17, 15) is 8.42 Å². The van der Waals surface area contributed by atoms with Crippen molar-refractivity contribution in [1.82, 2.24) is 5.32 Å². The molecule has 0 amide bonds. The first-order valence-corrected chi connectivity index (χ1v) is 7.09. The standard InChI is InChI=1S/C11H17NO3S.ClH/c1-15-11-5-3-10(4-6-11)9-12-7-8-16(2,13)14;/h3-6,12H,7-9H2,1-2H3;1H. The SMILES string of the molecule is COc1ccc(CNCCS(C)(=O)=O)cc1.Cl. The molecule has 0 atom stereocenters. The van der Waals surface area contributed by atoms with Crippen LogP contribution in [0.5, 0.6) is 5.75 Å². The van der Waals surface area contributed by atoms with E-state index < -0.39 is 9.84 Å². The smallest absolute Gasteiger partial charge is 0.148 e. The number of hydrogen-bond donors (Lipinski definition) is 1. The van der Waals surface area contributed by atoms with Crippen LogP contribution < -0.4 is 10.1 Å². The van der Waals surface area contributed by atoms with E-state index in [0.29, 0.717) is 13.1 Å². The molecule has 1 rings (SSSR count). The molecule has 0 spiro atoms. The molecule has 0 bridgehead atoms. The lowest BCUT2D eigenvalue weighted by molar-refractivity contribution is 0.414. The molecular formula is C11H18ClNO3S. The van der Waals surface area contributed by atoms with Gasteiger partial charge in [-0.3, -0.25) is 0 Å². The van der Waals surface area contributed by atoms with Crippen LogP contribution in [0.15, 0.2) is 24.3 Å². The summed E-state index contributed by atoms with van der Waals surface area (Å²) in [6.45, 7) is 1.14. The van der Waals surface area contributed by atoms with Crippen molar-refractivity contribution in [1.29, 1.82) is 0 Å². The molecule has 17 heavy (non-hydrogen) atoms. The van der Waals surface area contributed by atoms with E-state index in [1.165, 1.54) is 6.26 Å². The van der Waals surface area contributed by atoms with Gasteiger partial charge in [0.1, 0.15) is 15.6 Å². The highest BCUT2D eigenvalue weighted by Crippen LogP contribution is 2.10. The van der Waals surface area contributed by atoms with Gasteiger partial charge in [0.25, 0.3) is 0 Å². The van der Waals surface area contributed by atoms with Crippen molar-refractivity contribution in [2.45, 2.75) is 6.54 Å². The predicted octanol–water partition coefficient (Wildman–Crippen LogP) is 1.25. The van der Waals surface area contributed by atoms with Crippen molar-refractivity contribution in [3.05, 3.63) is 29.8 Å². The first kappa shape index (κ1) is 16.2. The molecule has 0 aliphatic carbocycles. The molecule has 0 aromatic heterocycles. The van der Waals surface area contributed by atoms with Crippen LogP contribution in [0.3, 0.4) is 0 Å². The topological polar surface area (TPSA) is 55.4 Å². The Balaban J connectivity index is 0.00000256. The summed E-state index contributed by atoms with van der Waals surface area (Å²) in [4.78, 5) is 0. The lowest BCUT2D eigenvalue weighted by Gasteiger charge is -2.05. The Morgan fingerprint density at radius 2 is 1.82 bits per heavy atom. The highest BCUT2D eigenvalue weighted by atomic mass is 35.5. The number of rotatable bonds is 6. The third kappa shape index (κ3) is 7.20. The van der Waals surface area contributed by atoms with Gasteiger partial charge in [-0.25, -0.2) is 8.42 Å². The predicted molar refractivity (Wildman–Crippen MR) is 71.7 cm³/mol. The van der Waals surface area contributed by atoms with Gasteiger partial charge in [0.2, 0.25) is 0 Å². The Morgan fingerprint density at radius 1 is 1.24 bits per heavy atom. The molecule has 0 heterocycles. The Kier molecular flexibility index (Phi) is 7.18. The minimum Gasteiger partial charge on any atom is -0.497 e. The molecule has 1 N–H and O–H groups in total. The van der Waals surface area contributed by atoms with Gasteiger partial charge in [-0.2, -0.15) is 0 Å². The summed E-state index contributed by atoms with van der Waals surface area (Å²) in [7, 11) is -1.25. The molecule has 0 saturated carbocycles. The van der Waals surface area contributed by atoms with Gasteiger partial charge in [-0.05, 0) is 17.7 Å².